The summed E-state index contributed by atoms with van der Waals surface area (Å²) in [6.45, 7) is 0. The molecule has 0 aliphatic carbocycles. The van der Waals surface area contributed by atoms with Crippen LogP contribution in [0.25, 0.3) is 0 Å². The van der Waals surface area contributed by atoms with E-state index < -0.39 is 5.82 Å². The highest BCUT2D eigenvalue weighted by atomic mass is 19.1. The minimum absolute atomic E-state index is 0.326. The summed E-state index contributed by atoms with van der Waals surface area (Å²) in [4.78, 5) is 10.1. The number of amides is 1. The number of benzene rings is 1. The maximum absolute atomic E-state index is 12.6. The smallest absolute Gasteiger partial charge is 0.211 e. The van der Waals surface area contributed by atoms with Gasteiger partial charge in [0.05, 0.1) is 12.8 Å². The molecule has 4 heteroatoms. The highest BCUT2D eigenvalue weighted by Gasteiger charge is 2.02. The molecule has 0 spiro atoms. The van der Waals surface area contributed by atoms with Crippen LogP contribution in [0.15, 0.2) is 18.2 Å². The topological polar surface area (TPSA) is 38.3 Å². The zero-order valence-electron chi connectivity index (χ0n) is 6.50. The molecule has 1 N–H and O–H groups in total. The molecule has 1 aromatic rings. The fraction of sp³-hybridized carbons (Fsp3) is 0.125. The fourth-order valence-corrected chi connectivity index (χ4v) is 0.856. The van der Waals surface area contributed by atoms with E-state index in [0.29, 0.717) is 17.8 Å². The molecule has 0 aliphatic heterocycles. The van der Waals surface area contributed by atoms with Crippen molar-refractivity contribution in [3.05, 3.63) is 24.0 Å². The van der Waals surface area contributed by atoms with Gasteiger partial charge in [-0.2, -0.15) is 0 Å². The molecule has 0 bridgehead atoms. The molecule has 0 fully saturated rings. The van der Waals surface area contributed by atoms with Crippen LogP contribution in [0.2, 0.25) is 0 Å². The molecule has 0 saturated heterocycles. The van der Waals surface area contributed by atoms with Crippen LogP contribution in [0.1, 0.15) is 0 Å². The molecule has 0 unspecified atom stereocenters. The maximum Gasteiger partial charge on any atom is 0.211 e. The summed E-state index contributed by atoms with van der Waals surface area (Å²) < 4.78 is 17.5. The van der Waals surface area contributed by atoms with Crippen molar-refractivity contribution in [2.75, 3.05) is 12.4 Å². The summed E-state index contributed by atoms with van der Waals surface area (Å²) in [6.07, 6.45) is 0.470. The van der Waals surface area contributed by atoms with Crippen molar-refractivity contribution >= 4 is 12.1 Å². The number of nitrogens with one attached hydrogen (secondary N) is 1. The van der Waals surface area contributed by atoms with Gasteiger partial charge >= 0.3 is 0 Å². The molecule has 1 amide bonds. The Morgan fingerprint density at radius 1 is 1.58 bits per heavy atom. The third-order valence-corrected chi connectivity index (χ3v) is 1.38. The minimum atomic E-state index is -0.417. The van der Waals surface area contributed by atoms with Gasteiger partial charge in [0.2, 0.25) is 6.41 Å². The van der Waals surface area contributed by atoms with Crippen molar-refractivity contribution in [2.24, 2.45) is 0 Å². The Hall–Kier alpha value is -1.58. The van der Waals surface area contributed by atoms with Gasteiger partial charge in [-0.25, -0.2) is 4.39 Å². The first-order valence-electron chi connectivity index (χ1n) is 3.31. The molecular formula is C8H8FNO2. The van der Waals surface area contributed by atoms with Crippen molar-refractivity contribution in [3.63, 3.8) is 0 Å². The standard InChI is InChI=1S/C8H8FNO2/c1-12-8-3-2-6(9)4-7(8)10-5-11/h2-5H,1H3,(H,10,11). The van der Waals surface area contributed by atoms with Crippen LogP contribution in [0.4, 0.5) is 10.1 Å². The Morgan fingerprint density at radius 2 is 2.33 bits per heavy atom. The third kappa shape index (κ3) is 1.72. The number of methoxy groups -OCH3 is 1. The van der Waals surface area contributed by atoms with Crippen LogP contribution < -0.4 is 10.1 Å². The van der Waals surface area contributed by atoms with Crippen LogP contribution in [0.3, 0.4) is 0 Å². The van der Waals surface area contributed by atoms with Crippen molar-refractivity contribution in [3.8, 4) is 5.75 Å². The van der Waals surface area contributed by atoms with Crippen molar-refractivity contribution in [2.45, 2.75) is 0 Å². The van der Waals surface area contributed by atoms with Gasteiger partial charge in [-0.1, -0.05) is 0 Å². The molecule has 0 radical (unpaired) electrons. The number of rotatable bonds is 3. The number of anilines is 1. The number of carbonyl (C=O) groups excluding carboxylic acids is 1. The first-order chi connectivity index (χ1) is 5.77. The maximum atomic E-state index is 12.6. The second-order valence-corrected chi connectivity index (χ2v) is 2.11. The summed E-state index contributed by atoms with van der Waals surface area (Å²) in [5.41, 5.74) is 0.326. The monoisotopic (exact) mass is 169 g/mol. The Labute approximate surface area is 69.2 Å². The fourth-order valence-electron chi connectivity index (χ4n) is 0.856. The van der Waals surface area contributed by atoms with Gasteiger partial charge in [0.25, 0.3) is 0 Å². The highest BCUT2D eigenvalue weighted by molar-refractivity contribution is 5.75. The summed E-state index contributed by atoms with van der Waals surface area (Å²) in [5, 5.41) is 2.32. The lowest BCUT2D eigenvalue weighted by molar-refractivity contribution is -0.105. The Morgan fingerprint density at radius 3 is 2.92 bits per heavy atom. The van der Waals surface area contributed by atoms with Crippen LogP contribution in [0.5, 0.6) is 5.75 Å². The Kier molecular flexibility index (Phi) is 2.63. The molecule has 12 heavy (non-hydrogen) atoms. The SMILES string of the molecule is COc1ccc(F)cc1NC=O. The largest absolute Gasteiger partial charge is 0.495 e. The molecule has 1 rings (SSSR count). The highest BCUT2D eigenvalue weighted by Crippen LogP contribution is 2.23. The Bertz CT molecular complexity index is 288. The number of carbonyl (C=O) groups is 1. The second-order valence-electron chi connectivity index (χ2n) is 2.11. The van der Waals surface area contributed by atoms with Crippen LogP contribution in [-0.4, -0.2) is 13.5 Å². The number of halogens is 1. The molecule has 3 nitrogen and oxygen atoms in total. The summed E-state index contributed by atoms with van der Waals surface area (Å²) in [7, 11) is 1.45. The molecule has 64 valence electrons. The number of hydrogen-bond acceptors (Lipinski definition) is 2. The van der Waals surface area contributed by atoms with E-state index in [0.717, 1.165) is 0 Å². The van der Waals surface area contributed by atoms with Gasteiger partial charge in [-0.05, 0) is 12.1 Å². The molecule has 0 atom stereocenters. The Balaban J connectivity index is 3.03. The summed E-state index contributed by atoms with van der Waals surface area (Å²) in [6, 6.07) is 3.89. The average Bonchev–Trinajstić information content (AvgIpc) is 2.05. The van der Waals surface area contributed by atoms with Gasteiger partial charge in [0.1, 0.15) is 11.6 Å². The lowest BCUT2D eigenvalue weighted by Gasteiger charge is -2.05. The average molecular weight is 169 g/mol. The van der Waals surface area contributed by atoms with E-state index in [1.165, 1.54) is 25.3 Å². The lowest BCUT2D eigenvalue weighted by Crippen LogP contribution is -1.97. The second kappa shape index (κ2) is 3.71. The third-order valence-electron chi connectivity index (χ3n) is 1.38. The quantitative estimate of drug-likeness (QED) is 0.694. The van der Waals surface area contributed by atoms with Gasteiger partial charge in [-0.3, -0.25) is 4.79 Å². The normalized spacial score (nSPS) is 9.17. The number of hydrogen-bond donors (Lipinski definition) is 1. The zero-order chi connectivity index (χ0) is 8.97. The molecule has 1 aromatic carbocycles. The van der Waals surface area contributed by atoms with E-state index >= 15 is 0 Å². The van der Waals surface area contributed by atoms with Crippen molar-refractivity contribution in [1.82, 2.24) is 0 Å². The van der Waals surface area contributed by atoms with E-state index in [2.05, 4.69) is 5.32 Å². The summed E-state index contributed by atoms with van der Waals surface area (Å²) >= 11 is 0. The zero-order valence-corrected chi connectivity index (χ0v) is 6.50. The minimum Gasteiger partial charge on any atom is -0.495 e. The predicted molar refractivity (Wildman–Crippen MR) is 42.6 cm³/mol. The number of ether oxygens (including phenoxy) is 1. The molecular weight excluding hydrogens is 161 g/mol. The summed E-state index contributed by atoms with van der Waals surface area (Å²) in [5.74, 6) is 0.0173. The molecule has 0 heterocycles. The van der Waals surface area contributed by atoms with Crippen LogP contribution in [0, 0.1) is 5.82 Å². The first kappa shape index (κ1) is 8.52. The van der Waals surface area contributed by atoms with Crippen LogP contribution >= 0.6 is 0 Å². The van der Waals surface area contributed by atoms with Gasteiger partial charge in [0.15, 0.2) is 0 Å². The van der Waals surface area contributed by atoms with Gasteiger partial charge < -0.3 is 10.1 Å². The van der Waals surface area contributed by atoms with E-state index in [1.807, 2.05) is 0 Å². The van der Waals surface area contributed by atoms with E-state index in [-0.39, 0.29) is 0 Å². The molecule has 0 saturated carbocycles. The van der Waals surface area contributed by atoms with E-state index in [9.17, 15) is 9.18 Å². The first-order valence-corrected chi connectivity index (χ1v) is 3.31. The van der Waals surface area contributed by atoms with Gasteiger partial charge in [-0.15, -0.1) is 0 Å². The lowest BCUT2D eigenvalue weighted by atomic mass is 10.3. The van der Waals surface area contributed by atoms with Crippen molar-refractivity contribution in [1.29, 1.82) is 0 Å². The van der Waals surface area contributed by atoms with Crippen LogP contribution in [-0.2, 0) is 4.79 Å². The molecule has 0 aromatic heterocycles. The molecule has 0 aliphatic rings. The van der Waals surface area contributed by atoms with E-state index in [1.54, 1.807) is 0 Å². The predicted octanol–water partition coefficient (Wildman–Crippen LogP) is 1.40. The van der Waals surface area contributed by atoms with E-state index in [4.69, 9.17) is 4.74 Å². The van der Waals surface area contributed by atoms with Crippen molar-refractivity contribution < 1.29 is 13.9 Å². The van der Waals surface area contributed by atoms with Gasteiger partial charge in [0, 0.05) is 6.07 Å².